The average Bonchev–Trinajstić information content (AvgIpc) is 2.51. The van der Waals surface area contributed by atoms with E-state index in [1.54, 1.807) is 0 Å². The molecule has 0 amide bonds. The van der Waals surface area contributed by atoms with Gasteiger partial charge in [-0.25, -0.2) is 0 Å². The van der Waals surface area contributed by atoms with Gasteiger partial charge in [0.05, 0.1) is 15.6 Å². The van der Waals surface area contributed by atoms with Crippen molar-refractivity contribution in [2.75, 3.05) is 20.7 Å². The molecule has 0 aromatic heterocycles. The summed E-state index contributed by atoms with van der Waals surface area (Å²) in [6.45, 7) is 7.33. The van der Waals surface area contributed by atoms with Gasteiger partial charge in [-0.3, -0.25) is 0 Å². The Hall–Kier alpha value is -0.280. The second kappa shape index (κ2) is 8.61. The molecule has 0 heterocycles. The lowest BCUT2D eigenvalue weighted by molar-refractivity contribution is -0.0258. The lowest BCUT2D eigenvalue weighted by atomic mass is 9.59. The van der Waals surface area contributed by atoms with E-state index in [0.29, 0.717) is 16.1 Å². The van der Waals surface area contributed by atoms with Gasteiger partial charge in [-0.1, -0.05) is 42.6 Å². The van der Waals surface area contributed by atoms with Crippen LogP contribution in [0.1, 0.15) is 64.9 Å². The second-order valence-electron chi connectivity index (χ2n) is 8.22. The molecular formula is C21H33Cl2NO. The predicted octanol–water partition coefficient (Wildman–Crippen LogP) is 6.33. The molecule has 1 atom stereocenters. The van der Waals surface area contributed by atoms with Crippen LogP contribution >= 0.6 is 23.2 Å². The maximum absolute atomic E-state index is 6.31. The maximum Gasteiger partial charge on any atom is 0.0623 e. The summed E-state index contributed by atoms with van der Waals surface area (Å²) in [7, 11) is 4.39. The Morgan fingerprint density at radius 2 is 1.88 bits per heavy atom. The molecule has 0 spiro atoms. The van der Waals surface area contributed by atoms with Crippen LogP contribution in [-0.2, 0) is 10.2 Å². The van der Waals surface area contributed by atoms with Gasteiger partial charge >= 0.3 is 0 Å². The van der Waals surface area contributed by atoms with E-state index >= 15 is 0 Å². The van der Waals surface area contributed by atoms with E-state index in [1.165, 1.54) is 24.8 Å². The zero-order valence-corrected chi connectivity index (χ0v) is 17.9. The number of benzene rings is 1. The number of halogens is 2. The van der Waals surface area contributed by atoms with Crippen LogP contribution in [0.5, 0.6) is 0 Å². The van der Waals surface area contributed by atoms with Crippen LogP contribution in [0.3, 0.4) is 0 Å². The molecule has 1 aromatic rings. The van der Waals surface area contributed by atoms with Gasteiger partial charge in [0.25, 0.3) is 0 Å². The molecule has 0 radical (unpaired) electrons. The van der Waals surface area contributed by atoms with Gasteiger partial charge < -0.3 is 9.64 Å². The molecule has 0 N–H and O–H groups in total. The van der Waals surface area contributed by atoms with Crippen molar-refractivity contribution in [2.45, 2.75) is 76.4 Å². The van der Waals surface area contributed by atoms with Gasteiger partial charge in [-0.15, -0.1) is 0 Å². The third-order valence-electron chi connectivity index (χ3n) is 5.97. The fraction of sp³-hybridized carbons (Fsp3) is 0.714. The van der Waals surface area contributed by atoms with Crippen LogP contribution < -0.4 is 0 Å². The first-order valence-corrected chi connectivity index (χ1v) is 10.2. The summed E-state index contributed by atoms with van der Waals surface area (Å²) in [5, 5.41) is 1.30. The van der Waals surface area contributed by atoms with Gasteiger partial charge in [0.15, 0.2) is 0 Å². The predicted molar refractivity (Wildman–Crippen MR) is 109 cm³/mol. The first-order valence-electron chi connectivity index (χ1n) is 9.48. The highest BCUT2D eigenvalue weighted by Gasteiger charge is 2.46. The van der Waals surface area contributed by atoms with Crippen LogP contribution in [0, 0.1) is 0 Å². The highest BCUT2D eigenvalue weighted by molar-refractivity contribution is 6.42. The largest absolute Gasteiger partial charge is 0.376 e. The molecule has 2 rings (SSSR count). The zero-order chi connectivity index (χ0) is 18.7. The van der Waals surface area contributed by atoms with Crippen molar-refractivity contribution in [1.29, 1.82) is 0 Å². The SMILES string of the molecule is CCC(C)(C)OCCCC(N(C)C)C1(c2ccc(Cl)c(Cl)c2)CCC1. The highest BCUT2D eigenvalue weighted by Crippen LogP contribution is 2.49. The molecule has 1 aromatic carbocycles. The third kappa shape index (κ3) is 4.91. The first-order chi connectivity index (χ1) is 11.7. The number of likely N-dealkylation sites (N-methyl/N-ethyl adjacent to an activating group) is 1. The van der Waals surface area contributed by atoms with Gasteiger partial charge in [0.1, 0.15) is 0 Å². The summed E-state index contributed by atoms with van der Waals surface area (Å²) in [6.07, 6.45) is 6.97. The summed E-state index contributed by atoms with van der Waals surface area (Å²) >= 11 is 12.4. The van der Waals surface area contributed by atoms with Crippen LogP contribution in [0.4, 0.5) is 0 Å². The lowest BCUT2D eigenvalue weighted by Crippen LogP contribution is -2.52. The van der Waals surface area contributed by atoms with Crippen molar-refractivity contribution in [3.05, 3.63) is 33.8 Å². The van der Waals surface area contributed by atoms with Crippen LogP contribution in [0.2, 0.25) is 10.0 Å². The summed E-state index contributed by atoms with van der Waals surface area (Å²) in [6, 6.07) is 6.68. The molecular weight excluding hydrogens is 353 g/mol. The van der Waals surface area contributed by atoms with E-state index in [-0.39, 0.29) is 11.0 Å². The number of nitrogens with zero attached hydrogens (tertiary/aromatic N) is 1. The smallest absolute Gasteiger partial charge is 0.0623 e. The van der Waals surface area contributed by atoms with E-state index in [1.807, 2.05) is 6.07 Å². The van der Waals surface area contributed by atoms with Gasteiger partial charge in [-0.05, 0) is 77.7 Å². The number of rotatable bonds is 9. The van der Waals surface area contributed by atoms with Crippen molar-refractivity contribution in [1.82, 2.24) is 4.90 Å². The molecule has 1 unspecified atom stereocenters. The van der Waals surface area contributed by atoms with Crippen LogP contribution in [-0.4, -0.2) is 37.2 Å². The minimum Gasteiger partial charge on any atom is -0.376 e. The van der Waals surface area contributed by atoms with E-state index in [0.717, 1.165) is 25.9 Å². The Labute approximate surface area is 163 Å². The Balaban J connectivity index is 2.10. The number of hydrogen-bond acceptors (Lipinski definition) is 2. The zero-order valence-electron chi connectivity index (χ0n) is 16.4. The van der Waals surface area contributed by atoms with Gasteiger partial charge in [-0.2, -0.15) is 0 Å². The van der Waals surface area contributed by atoms with Gasteiger partial charge in [0.2, 0.25) is 0 Å². The second-order valence-corrected chi connectivity index (χ2v) is 9.04. The minimum absolute atomic E-state index is 0.0223. The maximum atomic E-state index is 6.31. The highest BCUT2D eigenvalue weighted by atomic mass is 35.5. The van der Waals surface area contributed by atoms with Crippen LogP contribution in [0.15, 0.2) is 18.2 Å². The Kier molecular flexibility index (Phi) is 7.24. The van der Waals surface area contributed by atoms with Crippen molar-refractivity contribution >= 4 is 23.2 Å². The summed E-state index contributed by atoms with van der Waals surface area (Å²) in [5.74, 6) is 0. The molecule has 2 nitrogen and oxygen atoms in total. The fourth-order valence-electron chi connectivity index (χ4n) is 3.93. The molecule has 0 saturated heterocycles. The molecule has 1 fully saturated rings. The first kappa shape index (κ1) is 21.0. The third-order valence-corrected chi connectivity index (χ3v) is 6.71. The van der Waals surface area contributed by atoms with E-state index in [9.17, 15) is 0 Å². The minimum atomic E-state index is -0.0223. The molecule has 4 heteroatoms. The van der Waals surface area contributed by atoms with E-state index < -0.39 is 0 Å². The van der Waals surface area contributed by atoms with Crippen molar-refractivity contribution < 1.29 is 4.74 Å². The Morgan fingerprint density at radius 3 is 2.36 bits per heavy atom. The summed E-state index contributed by atoms with van der Waals surface area (Å²) in [5.41, 5.74) is 1.50. The van der Waals surface area contributed by atoms with E-state index in [4.69, 9.17) is 27.9 Å². The van der Waals surface area contributed by atoms with Crippen molar-refractivity contribution in [3.8, 4) is 0 Å². The normalized spacial score (nSPS) is 18.2. The monoisotopic (exact) mass is 385 g/mol. The summed E-state index contributed by atoms with van der Waals surface area (Å²) < 4.78 is 6.06. The molecule has 0 aliphatic heterocycles. The van der Waals surface area contributed by atoms with Crippen molar-refractivity contribution in [2.24, 2.45) is 0 Å². The Bertz CT molecular complexity index is 567. The molecule has 1 aliphatic rings. The molecule has 1 aliphatic carbocycles. The summed E-state index contributed by atoms with van der Waals surface area (Å²) in [4.78, 5) is 2.38. The molecule has 0 bridgehead atoms. The lowest BCUT2D eigenvalue weighted by Gasteiger charge is -2.51. The molecule has 1 saturated carbocycles. The average molecular weight is 386 g/mol. The standard InChI is InChI=1S/C21H33Cl2NO/c1-6-20(2,3)25-14-7-9-19(24(4)5)21(12-8-13-21)16-10-11-17(22)18(23)15-16/h10-11,15,19H,6-9,12-14H2,1-5H3. The molecule has 142 valence electrons. The van der Waals surface area contributed by atoms with Gasteiger partial charge in [0, 0.05) is 18.1 Å². The van der Waals surface area contributed by atoms with E-state index in [2.05, 4.69) is 51.9 Å². The van der Waals surface area contributed by atoms with Crippen molar-refractivity contribution in [3.63, 3.8) is 0 Å². The number of hydrogen-bond donors (Lipinski definition) is 0. The Morgan fingerprint density at radius 1 is 1.20 bits per heavy atom. The molecule has 25 heavy (non-hydrogen) atoms. The number of ether oxygens (including phenoxy) is 1. The van der Waals surface area contributed by atoms with Crippen LogP contribution in [0.25, 0.3) is 0 Å². The topological polar surface area (TPSA) is 12.5 Å². The quantitative estimate of drug-likeness (QED) is 0.460. The fourth-order valence-corrected chi connectivity index (χ4v) is 4.23.